The van der Waals surface area contributed by atoms with E-state index in [0.717, 1.165) is 33.1 Å². The molecule has 0 aliphatic carbocycles. The maximum atomic E-state index is 5.61. The standard InChI is InChI=1S/C14H16BrN3/c1-9(2)7-13(18-16)14-11(15)8-10-5-3-4-6-12(10)17-14/h3-6,8,13,18H,1,7,16H2,2H3. The van der Waals surface area contributed by atoms with Crippen LogP contribution in [0.4, 0.5) is 0 Å². The summed E-state index contributed by atoms with van der Waals surface area (Å²) >= 11 is 3.56. The Bertz CT molecular complexity index is 580. The monoisotopic (exact) mass is 305 g/mol. The van der Waals surface area contributed by atoms with Gasteiger partial charge in [0.15, 0.2) is 0 Å². The highest BCUT2D eigenvalue weighted by Crippen LogP contribution is 2.28. The van der Waals surface area contributed by atoms with Gasteiger partial charge in [-0.2, -0.15) is 0 Å². The number of para-hydroxylation sites is 1. The molecule has 0 fully saturated rings. The predicted octanol–water partition coefficient (Wildman–Crippen LogP) is 3.47. The fourth-order valence-corrected chi connectivity index (χ4v) is 2.54. The molecular formula is C14H16BrN3. The van der Waals surface area contributed by atoms with Gasteiger partial charge >= 0.3 is 0 Å². The molecular weight excluding hydrogens is 290 g/mol. The second kappa shape index (κ2) is 5.61. The van der Waals surface area contributed by atoms with Crippen LogP contribution >= 0.6 is 15.9 Å². The molecule has 3 N–H and O–H groups in total. The Balaban J connectivity index is 2.48. The Hall–Kier alpha value is -1.23. The number of aromatic nitrogens is 1. The highest BCUT2D eigenvalue weighted by molar-refractivity contribution is 9.10. The first kappa shape index (κ1) is 13.2. The number of hydrazine groups is 1. The van der Waals surface area contributed by atoms with Gasteiger partial charge in [-0.1, -0.05) is 23.8 Å². The van der Waals surface area contributed by atoms with Crippen molar-refractivity contribution in [2.45, 2.75) is 19.4 Å². The fraction of sp³-hybridized carbons (Fsp3) is 0.214. The van der Waals surface area contributed by atoms with Gasteiger partial charge in [-0.05, 0) is 41.4 Å². The Kier molecular flexibility index (Phi) is 4.11. The van der Waals surface area contributed by atoms with E-state index in [1.165, 1.54) is 0 Å². The molecule has 0 aliphatic rings. The Morgan fingerprint density at radius 3 is 2.89 bits per heavy atom. The quantitative estimate of drug-likeness (QED) is 0.516. The number of hydrogen-bond donors (Lipinski definition) is 2. The molecule has 0 saturated carbocycles. The first-order valence-corrected chi connectivity index (χ1v) is 6.57. The molecule has 0 amide bonds. The molecule has 2 rings (SSSR count). The SMILES string of the molecule is C=C(C)CC(NN)c1nc2ccccc2cc1Br. The largest absolute Gasteiger partial charge is 0.271 e. The average molecular weight is 306 g/mol. The topological polar surface area (TPSA) is 50.9 Å². The van der Waals surface area contributed by atoms with Crippen molar-refractivity contribution >= 4 is 26.8 Å². The minimum atomic E-state index is -0.0264. The van der Waals surface area contributed by atoms with Crippen LogP contribution in [0.15, 0.2) is 47.0 Å². The molecule has 94 valence electrons. The van der Waals surface area contributed by atoms with Crippen LogP contribution in [-0.4, -0.2) is 4.98 Å². The van der Waals surface area contributed by atoms with Crippen molar-refractivity contribution in [3.8, 4) is 0 Å². The maximum absolute atomic E-state index is 5.61. The summed E-state index contributed by atoms with van der Waals surface area (Å²) in [6.07, 6.45) is 0.764. The number of benzene rings is 1. The molecule has 3 nitrogen and oxygen atoms in total. The van der Waals surface area contributed by atoms with E-state index < -0.39 is 0 Å². The summed E-state index contributed by atoms with van der Waals surface area (Å²) in [5.41, 5.74) is 5.76. The number of halogens is 1. The van der Waals surface area contributed by atoms with Gasteiger partial charge in [0, 0.05) is 9.86 Å². The van der Waals surface area contributed by atoms with Crippen LogP contribution in [0, 0.1) is 0 Å². The van der Waals surface area contributed by atoms with Crippen LogP contribution in [0.1, 0.15) is 25.1 Å². The van der Waals surface area contributed by atoms with E-state index in [0.29, 0.717) is 0 Å². The zero-order chi connectivity index (χ0) is 13.1. The van der Waals surface area contributed by atoms with Crippen molar-refractivity contribution in [2.75, 3.05) is 0 Å². The minimum Gasteiger partial charge on any atom is -0.271 e. The molecule has 18 heavy (non-hydrogen) atoms. The number of fused-ring (bicyclic) bond motifs is 1. The van der Waals surface area contributed by atoms with Crippen LogP contribution in [0.25, 0.3) is 10.9 Å². The first-order chi connectivity index (χ1) is 8.61. The molecule has 1 atom stereocenters. The van der Waals surface area contributed by atoms with Crippen molar-refractivity contribution in [1.29, 1.82) is 0 Å². The Morgan fingerprint density at radius 1 is 1.50 bits per heavy atom. The molecule has 0 spiro atoms. The fourth-order valence-electron chi connectivity index (χ4n) is 1.93. The predicted molar refractivity (Wildman–Crippen MR) is 78.9 cm³/mol. The lowest BCUT2D eigenvalue weighted by Crippen LogP contribution is -2.29. The number of rotatable bonds is 4. The molecule has 1 aromatic heterocycles. The highest BCUT2D eigenvalue weighted by Gasteiger charge is 2.15. The van der Waals surface area contributed by atoms with Gasteiger partial charge in [0.1, 0.15) is 0 Å². The third-order valence-corrected chi connectivity index (χ3v) is 3.42. The van der Waals surface area contributed by atoms with Gasteiger partial charge in [-0.25, -0.2) is 4.98 Å². The molecule has 0 bridgehead atoms. The summed E-state index contributed by atoms with van der Waals surface area (Å²) in [4.78, 5) is 4.67. The second-order valence-corrected chi connectivity index (χ2v) is 5.28. The van der Waals surface area contributed by atoms with Gasteiger partial charge in [0.2, 0.25) is 0 Å². The van der Waals surface area contributed by atoms with Crippen molar-refractivity contribution in [3.05, 3.63) is 52.7 Å². The van der Waals surface area contributed by atoms with E-state index in [1.54, 1.807) is 0 Å². The third-order valence-electron chi connectivity index (χ3n) is 2.79. The van der Waals surface area contributed by atoms with Crippen LogP contribution in [0.3, 0.4) is 0 Å². The van der Waals surface area contributed by atoms with Gasteiger partial charge in [0.05, 0.1) is 17.3 Å². The van der Waals surface area contributed by atoms with E-state index in [-0.39, 0.29) is 6.04 Å². The van der Waals surface area contributed by atoms with Gasteiger partial charge in [0.25, 0.3) is 0 Å². The zero-order valence-electron chi connectivity index (χ0n) is 10.3. The van der Waals surface area contributed by atoms with Crippen molar-refractivity contribution in [3.63, 3.8) is 0 Å². The summed E-state index contributed by atoms with van der Waals surface area (Å²) in [5.74, 6) is 5.61. The molecule has 1 heterocycles. The van der Waals surface area contributed by atoms with Gasteiger partial charge < -0.3 is 0 Å². The zero-order valence-corrected chi connectivity index (χ0v) is 11.9. The molecule has 1 unspecified atom stereocenters. The first-order valence-electron chi connectivity index (χ1n) is 5.77. The van der Waals surface area contributed by atoms with E-state index in [1.807, 2.05) is 31.2 Å². The van der Waals surface area contributed by atoms with E-state index in [2.05, 4.69) is 39.0 Å². The van der Waals surface area contributed by atoms with Crippen LogP contribution in [-0.2, 0) is 0 Å². The average Bonchev–Trinajstić information content (AvgIpc) is 2.35. The van der Waals surface area contributed by atoms with Gasteiger partial charge in [-0.3, -0.25) is 11.3 Å². The van der Waals surface area contributed by atoms with E-state index in [4.69, 9.17) is 5.84 Å². The molecule has 4 heteroatoms. The smallest absolute Gasteiger partial charge is 0.0739 e. The molecule has 0 aliphatic heterocycles. The van der Waals surface area contributed by atoms with Gasteiger partial charge in [-0.15, -0.1) is 6.58 Å². The number of nitrogens with zero attached hydrogens (tertiary/aromatic N) is 1. The number of pyridine rings is 1. The summed E-state index contributed by atoms with van der Waals surface area (Å²) < 4.78 is 0.963. The van der Waals surface area contributed by atoms with Crippen molar-refractivity contribution < 1.29 is 0 Å². The second-order valence-electron chi connectivity index (χ2n) is 4.43. The molecule has 2 aromatic rings. The molecule has 0 saturated heterocycles. The summed E-state index contributed by atoms with van der Waals surface area (Å²) in [6.45, 7) is 5.91. The summed E-state index contributed by atoms with van der Waals surface area (Å²) in [6, 6.07) is 10.1. The van der Waals surface area contributed by atoms with Crippen molar-refractivity contribution in [2.24, 2.45) is 5.84 Å². The Labute approximate surface area is 115 Å². The van der Waals surface area contributed by atoms with Crippen LogP contribution in [0.2, 0.25) is 0 Å². The maximum Gasteiger partial charge on any atom is 0.0739 e. The molecule has 1 aromatic carbocycles. The number of nitrogens with one attached hydrogen (secondary N) is 1. The normalized spacial score (nSPS) is 12.6. The number of hydrogen-bond acceptors (Lipinski definition) is 3. The molecule has 0 radical (unpaired) electrons. The van der Waals surface area contributed by atoms with Crippen LogP contribution in [0.5, 0.6) is 0 Å². The van der Waals surface area contributed by atoms with Crippen LogP contribution < -0.4 is 11.3 Å². The number of nitrogens with two attached hydrogens (primary N) is 1. The third kappa shape index (κ3) is 2.77. The Morgan fingerprint density at radius 2 is 2.22 bits per heavy atom. The van der Waals surface area contributed by atoms with Crippen molar-refractivity contribution in [1.82, 2.24) is 10.4 Å². The lowest BCUT2D eigenvalue weighted by Gasteiger charge is -2.17. The lowest BCUT2D eigenvalue weighted by atomic mass is 10.0. The highest BCUT2D eigenvalue weighted by atomic mass is 79.9. The summed E-state index contributed by atoms with van der Waals surface area (Å²) in [5, 5.41) is 1.11. The summed E-state index contributed by atoms with van der Waals surface area (Å²) in [7, 11) is 0. The van der Waals surface area contributed by atoms with E-state index in [9.17, 15) is 0 Å². The van der Waals surface area contributed by atoms with E-state index >= 15 is 0 Å². The lowest BCUT2D eigenvalue weighted by molar-refractivity contribution is 0.536. The minimum absolute atomic E-state index is 0.0264.